The SMILES string of the molecule is COc1cccc2c1C(=O)C(c1ccc3c(c1OC)C(=O)C=C(C)C3=O)=C(C)C2=O. The average molecular weight is 402 g/mol. The van der Waals surface area contributed by atoms with Crippen molar-refractivity contribution < 1.29 is 28.7 Å². The summed E-state index contributed by atoms with van der Waals surface area (Å²) in [7, 11) is 2.79. The number of allylic oxidation sites excluding steroid dienone is 4. The fourth-order valence-corrected chi connectivity index (χ4v) is 4.03. The van der Waals surface area contributed by atoms with Crippen LogP contribution in [0.15, 0.2) is 47.6 Å². The third-order valence-electron chi connectivity index (χ3n) is 5.49. The van der Waals surface area contributed by atoms with Gasteiger partial charge in [-0.25, -0.2) is 0 Å². The molecule has 0 heterocycles. The molecule has 6 nitrogen and oxygen atoms in total. The molecule has 0 spiro atoms. The summed E-state index contributed by atoms with van der Waals surface area (Å²) in [4.78, 5) is 51.7. The van der Waals surface area contributed by atoms with Crippen molar-refractivity contribution in [1.82, 2.24) is 0 Å². The third kappa shape index (κ3) is 2.57. The van der Waals surface area contributed by atoms with Gasteiger partial charge in [0.05, 0.1) is 25.3 Å². The van der Waals surface area contributed by atoms with Gasteiger partial charge in [-0.3, -0.25) is 19.2 Å². The molecule has 0 unspecified atom stereocenters. The molecule has 0 fully saturated rings. The highest BCUT2D eigenvalue weighted by Gasteiger charge is 2.36. The normalized spacial score (nSPS) is 15.7. The van der Waals surface area contributed by atoms with Crippen molar-refractivity contribution in [3.05, 3.63) is 75.4 Å². The van der Waals surface area contributed by atoms with Crippen molar-refractivity contribution in [2.45, 2.75) is 13.8 Å². The van der Waals surface area contributed by atoms with Gasteiger partial charge in [0.15, 0.2) is 23.1 Å². The molecule has 0 atom stereocenters. The third-order valence-corrected chi connectivity index (χ3v) is 5.49. The van der Waals surface area contributed by atoms with E-state index in [1.165, 1.54) is 26.4 Å². The van der Waals surface area contributed by atoms with Gasteiger partial charge in [-0.2, -0.15) is 0 Å². The molecule has 0 aromatic heterocycles. The zero-order valence-corrected chi connectivity index (χ0v) is 16.9. The number of fused-ring (bicyclic) bond motifs is 2. The Labute approximate surface area is 172 Å². The minimum absolute atomic E-state index is 0.0944. The van der Waals surface area contributed by atoms with Crippen LogP contribution in [0.5, 0.6) is 11.5 Å². The van der Waals surface area contributed by atoms with Crippen LogP contribution in [0.4, 0.5) is 0 Å². The van der Waals surface area contributed by atoms with Gasteiger partial charge in [0, 0.05) is 33.4 Å². The maximum Gasteiger partial charge on any atom is 0.198 e. The summed E-state index contributed by atoms with van der Waals surface area (Å²) in [6.45, 7) is 3.14. The number of benzene rings is 2. The summed E-state index contributed by atoms with van der Waals surface area (Å²) >= 11 is 0. The lowest BCUT2D eigenvalue weighted by Crippen LogP contribution is -2.23. The molecule has 2 aromatic carbocycles. The minimum atomic E-state index is -0.404. The van der Waals surface area contributed by atoms with Gasteiger partial charge in [0.2, 0.25) is 0 Å². The van der Waals surface area contributed by atoms with Crippen LogP contribution in [0, 0.1) is 0 Å². The fraction of sp³-hybridized carbons (Fsp3) is 0.167. The largest absolute Gasteiger partial charge is 0.496 e. The van der Waals surface area contributed by atoms with Crippen molar-refractivity contribution in [2.75, 3.05) is 14.2 Å². The summed E-state index contributed by atoms with van der Waals surface area (Å²) in [5, 5.41) is 0. The summed E-state index contributed by atoms with van der Waals surface area (Å²) in [6, 6.07) is 7.89. The number of carbonyl (C=O) groups is 4. The minimum Gasteiger partial charge on any atom is -0.496 e. The lowest BCUT2D eigenvalue weighted by Gasteiger charge is -2.24. The van der Waals surface area contributed by atoms with Gasteiger partial charge in [-0.15, -0.1) is 0 Å². The van der Waals surface area contributed by atoms with Crippen LogP contribution >= 0.6 is 0 Å². The van der Waals surface area contributed by atoms with E-state index < -0.39 is 5.78 Å². The maximum absolute atomic E-state index is 13.5. The highest BCUT2D eigenvalue weighted by Crippen LogP contribution is 2.42. The molecule has 0 bridgehead atoms. The molecule has 0 saturated carbocycles. The molecule has 2 aliphatic carbocycles. The highest BCUT2D eigenvalue weighted by molar-refractivity contribution is 6.42. The molecular weight excluding hydrogens is 384 g/mol. The Morgan fingerprint density at radius 1 is 0.700 bits per heavy atom. The summed E-state index contributed by atoms with van der Waals surface area (Å²) in [5.41, 5.74) is 1.73. The second-order valence-electron chi connectivity index (χ2n) is 7.13. The molecule has 4 rings (SSSR count). The smallest absolute Gasteiger partial charge is 0.198 e. The van der Waals surface area contributed by atoms with E-state index in [0.717, 1.165) is 0 Å². The van der Waals surface area contributed by atoms with E-state index in [1.54, 1.807) is 38.1 Å². The molecule has 0 saturated heterocycles. The van der Waals surface area contributed by atoms with E-state index in [9.17, 15) is 19.2 Å². The Balaban J connectivity index is 2.01. The van der Waals surface area contributed by atoms with Crippen LogP contribution < -0.4 is 9.47 Å². The van der Waals surface area contributed by atoms with E-state index in [2.05, 4.69) is 0 Å². The molecule has 2 aliphatic rings. The standard InChI is InChI=1S/C24H18O6/c1-11-10-16(25)19-14(21(11)26)8-9-15(24(19)30-4)18-12(2)22(27)13-6-5-7-17(29-3)20(13)23(18)28/h5-10H,1-4H3. The highest BCUT2D eigenvalue weighted by atomic mass is 16.5. The van der Waals surface area contributed by atoms with Gasteiger partial charge in [-0.05, 0) is 38.1 Å². The Morgan fingerprint density at radius 3 is 2.03 bits per heavy atom. The van der Waals surface area contributed by atoms with Gasteiger partial charge in [0.1, 0.15) is 11.5 Å². The van der Waals surface area contributed by atoms with Gasteiger partial charge >= 0.3 is 0 Å². The molecule has 0 aliphatic heterocycles. The number of Topliss-reactive ketones (excluding diaryl/α,β-unsaturated/α-hetero) is 3. The Morgan fingerprint density at radius 2 is 1.37 bits per heavy atom. The lowest BCUT2D eigenvalue weighted by molar-refractivity contribution is 0.0981. The Bertz CT molecular complexity index is 1240. The first kappa shape index (κ1) is 19.5. The van der Waals surface area contributed by atoms with Gasteiger partial charge in [-0.1, -0.05) is 12.1 Å². The summed E-state index contributed by atoms with van der Waals surface area (Å²) in [5.74, 6) is -0.985. The maximum atomic E-state index is 13.5. The van der Waals surface area contributed by atoms with E-state index in [-0.39, 0.29) is 67.8 Å². The first-order chi connectivity index (χ1) is 14.3. The predicted molar refractivity (Wildman–Crippen MR) is 110 cm³/mol. The molecule has 0 radical (unpaired) electrons. The molecule has 2 aromatic rings. The number of carbonyl (C=O) groups excluding carboxylic acids is 4. The zero-order valence-electron chi connectivity index (χ0n) is 16.9. The number of hydrogen-bond acceptors (Lipinski definition) is 6. The van der Waals surface area contributed by atoms with Crippen molar-refractivity contribution in [3.8, 4) is 11.5 Å². The number of ether oxygens (including phenoxy) is 2. The molecule has 150 valence electrons. The second kappa shape index (κ2) is 6.91. The number of rotatable bonds is 3. The molecule has 0 N–H and O–H groups in total. The number of methoxy groups -OCH3 is 2. The van der Waals surface area contributed by atoms with E-state index in [1.807, 2.05) is 0 Å². The summed E-state index contributed by atoms with van der Waals surface area (Å²) in [6.07, 6.45) is 1.25. The predicted octanol–water partition coefficient (Wildman–Crippen LogP) is 3.88. The zero-order chi connectivity index (χ0) is 21.7. The van der Waals surface area contributed by atoms with Crippen molar-refractivity contribution in [2.24, 2.45) is 0 Å². The molecule has 0 amide bonds. The second-order valence-corrected chi connectivity index (χ2v) is 7.13. The number of ketones is 4. The quantitative estimate of drug-likeness (QED) is 0.774. The monoisotopic (exact) mass is 402 g/mol. The van der Waals surface area contributed by atoms with E-state index in [0.29, 0.717) is 5.57 Å². The molecule has 30 heavy (non-hydrogen) atoms. The van der Waals surface area contributed by atoms with E-state index >= 15 is 0 Å². The average Bonchev–Trinajstić information content (AvgIpc) is 2.75. The van der Waals surface area contributed by atoms with Crippen LogP contribution in [0.2, 0.25) is 0 Å². The van der Waals surface area contributed by atoms with Crippen molar-refractivity contribution in [1.29, 1.82) is 0 Å². The van der Waals surface area contributed by atoms with Crippen LogP contribution in [0.3, 0.4) is 0 Å². The molecule has 6 heteroatoms. The van der Waals surface area contributed by atoms with Crippen LogP contribution in [0.1, 0.15) is 60.8 Å². The Kier molecular flexibility index (Phi) is 4.50. The summed E-state index contributed by atoms with van der Waals surface area (Å²) < 4.78 is 10.8. The van der Waals surface area contributed by atoms with Crippen LogP contribution in [-0.4, -0.2) is 37.4 Å². The van der Waals surface area contributed by atoms with Gasteiger partial charge in [0.25, 0.3) is 0 Å². The van der Waals surface area contributed by atoms with E-state index in [4.69, 9.17) is 9.47 Å². The number of hydrogen-bond donors (Lipinski definition) is 0. The van der Waals surface area contributed by atoms with Gasteiger partial charge < -0.3 is 9.47 Å². The first-order valence-electron chi connectivity index (χ1n) is 9.27. The fourth-order valence-electron chi connectivity index (χ4n) is 4.03. The van der Waals surface area contributed by atoms with Crippen molar-refractivity contribution in [3.63, 3.8) is 0 Å². The Hall–Kier alpha value is -3.80. The van der Waals surface area contributed by atoms with Crippen molar-refractivity contribution >= 4 is 28.7 Å². The topological polar surface area (TPSA) is 86.7 Å². The first-order valence-corrected chi connectivity index (χ1v) is 9.27. The molecular formula is C24H18O6. The lowest BCUT2D eigenvalue weighted by atomic mass is 9.79. The van der Waals surface area contributed by atoms with Crippen LogP contribution in [-0.2, 0) is 0 Å². The van der Waals surface area contributed by atoms with Crippen LogP contribution in [0.25, 0.3) is 5.57 Å².